The van der Waals surface area contributed by atoms with Crippen LogP contribution in [0.15, 0.2) is 30.3 Å². The molecule has 0 heterocycles. The zero-order chi connectivity index (χ0) is 23.8. The van der Waals surface area contributed by atoms with Gasteiger partial charge in [-0.3, -0.25) is 9.59 Å². The van der Waals surface area contributed by atoms with Gasteiger partial charge >= 0.3 is 12.1 Å². The largest absolute Gasteiger partial charge is 0.481 e. The number of hydrogen-bond acceptors (Lipinski definition) is 4. The second kappa shape index (κ2) is 8.99. The third kappa shape index (κ3) is 5.68. The van der Waals surface area contributed by atoms with Gasteiger partial charge in [0.05, 0.1) is 11.3 Å². The highest BCUT2D eigenvalue weighted by atomic mass is 16.6. The maximum atomic E-state index is 13.2. The van der Waals surface area contributed by atoms with E-state index in [0.717, 1.165) is 19.3 Å². The molecule has 0 saturated heterocycles. The molecule has 0 radical (unpaired) electrons. The number of rotatable bonds is 7. The predicted octanol–water partition coefficient (Wildman–Crippen LogP) is 4.32. The van der Waals surface area contributed by atoms with Crippen molar-refractivity contribution in [3.05, 3.63) is 35.9 Å². The molecule has 2 N–H and O–H groups in total. The van der Waals surface area contributed by atoms with E-state index in [2.05, 4.69) is 17.4 Å². The van der Waals surface area contributed by atoms with E-state index in [4.69, 9.17) is 4.74 Å². The molecule has 0 aliphatic heterocycles. The molecule has 0 spiro atoms. The Morgan fingerprint density at radius 1 is 1.09 bits per heavy atom. The number of hydrogen-bond donors (Lipinski definition) is 2. The third-order valence-corrected chi connectivity index (χ3v) is 7.23. The van der Waals surface area contributed by atoms with Crippen LogP contribution in [0.25, 0.3) is 0 Å². The fourth-order valence-corrected chi connectivity index (χ4v) is 4.98. The molecule has 1 unspecified atom stereocenters. The van der Waals surface area contributed by atoms with Crippen LogP contribution in [0.1, 0.15) is 77.2 Å². The van der Waals surface area contributed by atoms with E-state index in [9.17, 15) is 19.5 Å². The van der Waals surface area contributed by atoms with Crippen LogP contribution in [-0.4, -0.2) is 52.2 Å². The molecule has 4 rings (SSSR count). The molecule has 1 aromatic carbocycles. The molecule has 3 saturated carbocycles. The number of carbonyl (C=O) groups excluding carboxylic acids is 2. The summed E-state index contributed by atoms with van der Waals surface area (Å²) in [4.78, 5) is 39.4. The molecule has 2 atom stereocenters. The topological polar surface area (TPSA) is 95.9 Å². The van der Waals surface area contributed by atoms with Crippen LogP contribution in [0.4, 0.5) is 4.79 Å². The molecule has 3 fully saturated rings. The summed E-state index contributed by atoms with van der Waals surface area (Å²) < 4.78 is 5.72. The van der Waals surface area contributed by atoms with Crippen molar-refractivity contribution in [1.29, 1.82) is 0 Å². The molecule has 2 amide bonds. The Hall–Kier alpha value is -2.57. The normalized spacial score (nSPS) is 27.8. The number of carboxylic acid groups (broad SMARTS) is 1. The minimum Gasteiger partial charge on any atom is -0.481 e. The van der Waals surface area contributed by atoms with E-state index < -0.39 is 17.0 Å². The molecular formula is C26H36N2O5. The summed E-state index contributed by atoms with van der Waals surface area (Å²) in [5.41, 5.74) is 0.0408. The number of amides is 2. The van der Waals surface area contributed by atoms with Crippen molar-refractivity contribution in [3.63, 3.8) is 0 Å². The summed E-state index contributed by atoms with van der Waals surface area (Å²) >= 11 is 0. The highest BCUT2D eigenvalue weighted by molar-refractivity contribution is 5.86. The third-order valence-electron chi connectivity index (χ3n) is 7.23. The molecule has 180 valence electrons. The first-order chi connectivity index (χ1) is 15.6. The number of aliphatic carboxylic acids is 1. The lowest BCUT2D eigenvalue weighted by atomic mass is 9.86. The summed E-state index contributed by atoms with van der Waals surface area (Å²) in [6.45, 7) is 5.94. The van der Waals surface area contributed by atoms with E-state index >= 15 is 0 Å². The SMILES string of the molecule is CC(C)(C)OC(=O)N(CC1(C(=O)NC2CCC(C(=O)O)CC2)CC1)[C@H]1CC1c1ccccc1. The van der Waals surface area contributed by atoms with Crippen molar-refractivity contribution >= 4 is 18.0 Å². The fraction of sp³-hybridized carbons (Fsp3) is 0.654. The summed E-state index contributed by atoms with van der Waals surface area (Å²) in [6, 6.07) is 10.2. The van der Waals surface area contributed by atoms with Gasteiger partial charge in [-0.05, 0) is 71.3 Å². The Balaban J connectivity index is 1.41. The Labute approximate surface area is 195 Å². The fourth-order valence-electron chi connectivity index (χ4n) is 4.98. The molecule has 1 aromatic rings. The van der Waals surface area contributed by atoms with Crippen molar-refractivity contribution in [2.45, 2.75) is 89.3 Å². The van der Waals surface area contributed by atoms with Crippen molar-refractivity contribution in [1.82, 2.24) is 10.2 Å². The lowest BCUT2D eigenvalue weighted by Crippen LogP contribution is -2.48. The molecule has 7 heteroatoms. The second-order valence-electron chi connectivity index (χ2n) is 11.1. The number of ether oxygens (including phenoxy) is 1. The minimum atomic E-state index is -0.746. The van der Waals surface area contributed by atoms with Gasteiger partial charge in [0.15, 0.2) is 0 Å². The van der Waals surface area contributed by atoms with Crippen LogP contribution in [0.3, 0.4) is 0 Å². The lowest BCUT2D eigenvalue weighted by molar-refractivity contribution is -0.142. The zero-order valence-corrected chi connectivity index (χ0v) is 19.9. The van der Waals surface area contributed by atoms with E-state index in [0.29, 0.717) is 32.2 Å². The Morgan fingerprint density at radius 3 is 2.27 bits per heavy atom. The van der Waals surface area contributed by atoms with Crippen molar-refractivity contribution < 1.29 is 24.2 Å². The van der Waals surface area contributed by atoms with Gasteiger partial charge < -0.3 is 20.1 Å². The van der Waals surface area contributed by atoms with E-state index in [-0.39, 0.29) is 35.9 Å². The van der Waals surface area contributed by atoms with Crippen LogP contribution in [-0.2, 0) is 14.3 Å². The monoisotopic (exact) mass is 456 g/mol. The van der Waals surface area contributed by atoms with Gasteiger partial charge in [-0.1, -0.05) is 30.3 Å². The van der Waals surface area contributed by atoms with Gasteiger partial charge in [-0.2, -0.15) is 0 Å². The van der Waals surface area contributed by atoms with E-state index in [1.54, 1.807) is 4.90 Å². The Kier molecular flexibility index (Phi) is 6.43. The van der Waals surface area contributed by atoms with Crippen LogP contribution >= 0.6 is 0 Å². The number of carbonyl (C=O) groups is 3. The number of nitrogens with one attached hydrogen (secondary N) is 1. The van der Waals surface area contributed by atoms with Gasteiger partial charge in [-0.25, -0.2) is 4.79 Å². The van der Waals surface area contributed by atoms with E-state index in [1.807, 2.05) is 39.0 Å². The highest BCUT2D eigenvalue weighted by Gasteiger charge is 2.56. The zero-order valence-electron chi connectivity index (χ0n) is 19.9. The number of benzene rings is 1. The number of carboxylic acids is 1. The quantitative estimate of drug-likeness (QED) is 0.637. The summed E-state index contributed by atoms with van der Waals surface area (Å²) in [5, 5.41) is 12.4. The predicted molar refractivity (Wildman–Crippen MR) is 124 cm³/mol. The van der Waals surface area contributed by atoms with Crippen LogP contribution in [0, 0.1) is 11.3 Å². The van der Waals surface area contributed by atoms with Crippen molar-refractivity contribution in [2.24, 2.45) is 11.3 Å². The Bertz CT molecular complexity index is 882. The van der Waals surface area contributed by atoms with Gasteiger partial charge in [0.25, 0.3) is 0 Å². The summed E-state index contributed by atoms with van der Waals surface area (Å²) in [6.07, 6.45) is 4.60. The average Bonchev–Trinajstić information content (AvgIpc) is 3.66. The maximum absolute atomic E-state index is 13.2. The number of nitrogens with zero attached hydrogens (tertiary/aromatic N) is 1. The van der Waals surface area contributed by atoms with Crippen molar-refractivity contribution in [3.8, 4) is 0 Å². The first-order valence-electron chi connectivity index (χ1n) is 12.2. The molecule has 33 heavy (non-hydrogen) atoms. The van der Waals surface area contributed by atoms with Gasteiger partial charge in [-0.15, -0.1) is 0 Å². The lowest BCUT2D eigenvalue weighted by Gasteiger charge is -2.32. The van der Waals surface area contributed by atoms with Crippen molar-refractivity contribution in [2.75, 3.05) is 6.54 Å². The van der Waals surface area contributed by atoms with Crippen LogP contribution in [0.2, 0.25) is 0 Å². The van der Waals surface area contributed by atoms with E-state index in [1.165, 1.54) is 5.56 Å². The summed E-state index contributed by atoms with van der Waals surface area (Å²) in [7, 11) is 0. The second-order valence-corrected chi connectivity index (χ2v) is 11.1. The summed E-state index contributed by atoms with van der Waals surface area (Å²) in [5.74, 6) is -0.792. The first kappa shape index (κ1) is 23.6. The van der Waals surface area contributed by atoms with Gasteiger partial charge in [0, 0.05) is 24.5 Å². The highest BCUT2D eigenvalue weighted by Crippen LogP contribution is 2.51. The van der Waals surface area contributed by atoms with Crippen LogP contribution in [0.5, 0.6) is 0 Å². The molecule has 3 aliphatic rings. The molecule has 0 bridgehead atoms. The van der Waals surface area contributed by atoms with Crippen LogP contribution < -0.4 is 5.32 Å². The van der Waals surface area contributed by atoms with Gasteiger partial charge in [0.2, 0.25) is 5.91 Å². The minimum absolute atomic E-state index is 0.00764. The molecule has 0 aromatic heterocycles. The smallest absolute Gasteiger partial charge is 0.410 e. The average molecular weight is 457 g/mol. The molecular weight excluding hydrogens is 420 g/mol. The Morgan fingerprint density at radius 2 is 1.73 bits per heavy atom. The first-order valence-corrected chi connectivity index (χ1v) is 12.2. The molecule has 7 nitrogen and oxygen atoms in total. The standard InChI is InChI=1S/C26H36N2O5/c1-25(2,3)33-24(32)28(21-15-20(21)17-7-5-4-6-8-17)16-26(13-14-26)23(31)27-19-11-9-18(10-12-19)22(29)30/h4-8,18-21H,9-16H2,1-3H3,(H,27,31)(H,29,30)/t18?,19?,20?,21-/m0/s1. The van der Waals surface area contributed by atoms with Gasteiger partial charge in [0.1, 0.15) is 5.60 Å². The molecule has 3 aliphatic carbocycles. The maximum Gasteiger partial charge on any atom is 0.410 e.